The van der Waals surface area contributed by atoms with E-state index in [9.17, 15) is 0 Å². The summed E-state index contributed by atoms with van der Waals surface area (Å²) >= 11 is 0. The van der Waals surface area contributed by atoms with Crippen LogP contribution in [-0.4, -0.2) is 13.1 Å². The molecule has 1 nitrogen and oxygen atoms in total. The topological polar surface area (TPSA) is 12.0 Å². The molecule has 1 atom stereocenters. The van der Waals surface area contributed by atoms with E-state index in [1.165, 1.54) is 83.5 Å². The van der Waals surface area contributed by atoms with Crippen LogP contribution in [0.3, 0.4) is 0 Å². The highest BCUT2D eigenvalue weighted by molar-refractivity contribution is 5.11. The van der Waals surface area contributed by atoms with E-state index in [4.69, 9.17) is 0 Å². The molecule has 0 aliphatic heterocycles. The average molecular weight is 263 g/mol. The van der Waals surface area contributed by atoms with E-state index in [1.807, 2.05) is 0 Å². The lowest BCUT2D eigenvalue weighted by atomic mass is 9.86. The Morgan fingerprint density at radius 3 is 2.42 bits per heavy atom. The van der Waals surface area contributed by atoms with E-state index >= 15 is 0 Å². The Morgan fingerprint density at radius 2 is 1.68 bits per heavy atom. The van der Waals surface area contributed by atoms with Crippen molar-refractivity contribution in [3.8, 4) is 0 Å². The number of nitrogens with one attached hydrogen (secondary N) is 1. The van der Waals surface area contributed by atoms with Crippen molar-refractivity contribution in [2.75, 3.05) is 7.05 Å². The van der Waals surface area contributed by atoms with Gasteiger partial charge in [-0.05, 0) is 45.1 Å². The summed E-state index contributed by atoms with van der Waals surface area (Å²) in [7, 11) is 2.17. The summed E-state index contributed by atoms with van der Waals surface area (Å²) in [6.07, 6.45) is 21.2. The lowest BCUT2D eigenvalue weighted by Crippen LogP contribution is -2.30. The van der Waals surface area contributed by atoms with Gasteiger partial charge in [0.1, 0.15) is 0 Å². The van der Waals surface area contributed by atoms with Crippen LogP contribution in [0.5, 0.6) is 0 Å². The van der Waals surface area contributed by atoms with Gasteiger partial charge in [-0.15, -0.1) is 0 Å². The largest absolute Gasteiger partial charge is 0.313 e. The third-order valence-electron chi connectivity index (χ3n) is 5.17. The molecule has 110 valence electrons. The molecule has 0 aromatic heterocycles. The lowest BCUT2D eigenvalue weighted by molar-refractivity contribution is 0.378. The van der Waals surface area contributed by atoms with Crippen LogP contribution in [0, 0.1) is 5.92 Å². The highest BCUT2D eigenvalue weighted by atomic mass is 14.9. The van der Waals surface area contributed by atoms with Crippen LogP contribution in [0.2, 0.25) is 0 Å². The van der Waals surface area contributed by atoms with Gasteiger partial charge in [0.15, 0.2) is 0 Å². The van der Waals surface area contributed by atoms with E-state index in [1.54, 1.807) is 5.57 Å². The van der Waals surface area contributed by atoms with Crippen molar-refractivity contribution < 1.29 is 0 Å². The number of likely N-dealkylation sites (N-methyl/N-ethyl adjacent to an activating group) is 1. The second-order valence-corrected chi connectivity index (χ2v) is 6.67. The summed E-state index contributed by atoms with van der Waals surface area (Å²) < 4.78 is 0. The van der Waals surface area contributed by atoms with Crippen LogP contribution in [0.1, 0.15) is 83.5 Å². The van der Waals surface area contributed by atoms with Crippen molar-refractivity contribution >= 4 is 0 Å². The minimum absolute atomic E-state index is 0.668. The third-order valence-corrected chi connectivity index (χ3v) is 5.17. The van der Waals surface area contributed by atoms with Gasteiger partial charge in [-0.2, -0.15) is 0 Å². The normalized spacial score (nSPS) is 25.0. The molecule has 0 radical (unpaired) electrons. The van der Waals surface area contributed by atoms with Crippen LogP contribution in [0.4, 0.5) is 0 Å². The Balaban J connectivity index is 1.89. The number of hydrogen-bond donors (Lipinski definition) is 1. The van der Waals surface area contributed by atoms with Crippen molar-refractivity contribution in [1.82, 2.24) is 5.32 Å². The van der Waals surface area contributed by atoms with Gasteiger partial charge in [0.2, 0.25) is 0 Å². The molecule has 1 unspecified atom stereocenters. The molecule has 1 heteroatoms. The van der Waals surface area contributed by atoms with Gasteiger partial charge in [0.25, 0.3) is 0 Å². The predicted octanol–water partition coefficient (Wildman–Crippen LogP) is 5.22. The van der Waals surface area contributed by atoms with Gasteiger partial charge in [-0.3, -0.25) is 0 Å². The lowest BCUT2D eigenvalue weighted by Gasteiger charge is -2.26. The molecule has 0 amide bonds. The van der Waals surface area contributed by atoms with E-state index < -0.39 is 0 Å². The van der Waals surface area contributed by atoms with E-state index in [0.717, 1.165) is 5.92 Å². The Morgan fingerprint density at radius 1 is 1.00 bits per heavy atom. The minimum Gasteiger partial charge on any atom is -0.313 e. The molecule has 1 fully saturated rings. The molecule has 0 aromatic carbocycles. The maximum atomic E-state index is 3.62. The van der Waals surface area contributed by atoms with E-state index in [-0.39, 0.29) is 0 Å². The fourth-order valence-corrected chi connectivity index (χ4v) is 3.92. The molecule has 0 heterocycles. The van der Waals surface area contributed by atoms with E-state index in [0.29, 0.717) is 6.04 Å². The molecule has 2 aliphatic carbocycles. The first-order valence-electron chi connectivity index (χ1n) is 8.76. The van der Waals surface area contributed by atoms with Crippen LogP contribution >= 0.6 is 0 Å². The van der Waals surface area contributed by atoms with E-state index in [2.05, 4.69) is 18.4 Å². The summed E-state index contributed by atoms with van der Waals surface area (Å²) in [4.78, 5) is 0. The van der Waals surface area contributed by atoms with Crippen LogP contribution in [-0.2, 0) is 0 Å². The average Bonchev–Trinajstić information content (AvgIpc) is 2.65. The minimum atomic E-state index is 0.668. The number of allylic oxidation sites excluding steroid dienone is 1. The Hall–Kier alpha value is -0.300. The summed E-state index contributed by atoms with van der Waals surface area (Å²) in [5, 5.41) is 3.62. The molecule has 19 heavy (non-hydrogen) atoms. The Bertz CT molecular complexity index is 261. The van der Waals surface area contributed by atoms with Crippen molar-refractivity contribution in [3.05, 3.63) is 11.6 Å². The Labute approximate surface area is 120 Å². The molecule has 2 rings (SSSR count). The second-order valence-electron chi connectivity index (χ2n) is 6.67. The zero-order valence-corrected chi connectivity index (χ0v) is 12.9. The highest BCUT2D eigenvalue weighted by Crippen LogP contribution is 2.30. The standard InChI is InChI=1S/C18H33N/c1-19-18(15-16-11-7-5-6-8-12-16)17-13-9-3-2-4-10-14-17/h13,16,18-19H,2-12,14-15H2,1H3. The number of rotatable bonds is 4. The number of hydrogen-bond acceptors (Lipinski definition) is 1. The SMILES string of the molecule is CNC(CC1CCCCCC1)C1=CCCCCCC1. The smallest absolute Gasteiger partial charge is 0.0279 e. The highest BCUT2D eigenvalue weighted by Gasteiger charge is 2.20. The van der Waals surface area contributed by atoms with Gasteiger partial charge < -0.3 is 5.32 Å². The first-order valence-corrected chi connectivity index (χ1v) is 8.76. The summed E-state index contributed by atoms with van der Waals surface area (Å²) in [5.74, 6) is 0.978. The summed E-state index contributed by atoms with van der Waals surface area (Å²) in [6.45, 7) is 0. The van der Waals surface area contributed by atoms with Gasteiger partial charge in [-0.25, -0.2) is 0 Å². The fourth-order valence-electron chi connectivity index (χ4n) is 3.92. The fraction of sp³-hybridized carbons (Fsp3) is 0.889. The zero-order valence-electron chi connectivity index (χ0n) is 12.9. The van der Waals surface area contributed by atoms with Gasteiger partial charge in [-0.1, -0.05) is 63.0 Å². The zero-order chi connectivity index (χ0) is 13.3. The second kappa shape index (κ2) is 8.79. The first-order chi connectivity index (χ1) is 9.40. The molecule has 0 spiro atoms. The molecule has 0 saturated heterocycles. The van der Waals surface area contributed by atoms with Gasteiger partial charge in [0, 0.05) is 6.04 Å². The predicted molar refractivity (Wildman–Crippen MR) is 84.4 cm³/mol. The summed E-state index contributed by atoms with van der Waals surface area (Å²) in [6, 6.07) is 0.668. The van der Waals surface area contributed by atoms with Gasteiger partial charge >= 0.3 is 0 Å². The first kappa shape index (κ1) is 15.1. The van der Waals surface area contributed by atoms with Crippen molar-refractivity contribution in [3.63, 3.8) is 0 Å². The third kappa shape index (κ3) is 5.30. The molecule has 1 N–H and O–H groups in total. The van der Waals surface area contributed by atoms with Gasteiger partial charge in [0.05, 0.1) is 0 Å². The van der Waals surface area contributed by atoms with Crippen LogP contribution in [0.25, 0.3) is 0 Å². The molecule has 0 aromatic rings. The molecule has 2 aliphatic rings. The molecular formula is C18H33N. The van der Waals surface area contributed by atoms with Crippen molar-refractivity contribution in [2.24, 2.45) is 5.92 Å². The maximum Gasteiger partial charge on any atom is 0.0279 e. The summed E-state index contributed by atoms with van der Waals surface area (Å²) in [5.41, 5.74) is 1.73. The maximum absolute atomic E-state index is 3.62. The molecular weight excluding hydrogens is 230 g/mol. The molecule has 1 saturated carbocycles. The molecule has 0 bridgehead atoms. The van der Waals surface area contributed by atoms with Crippen molar-refractivity contribution in [1.29, 1.82) is 0 Å². The monoisotopic (exact) mass is 263 g/mol. The quantitative estimate of drug-likeness (QED) is 0.542. The Kier molecular flexibility index (Phi) is 6.98. The van der Waals surface area contributed by atoms with Crippen LogP contribution in [0.15, 0.2) is 11.6 Å². The van der Waals surface area contributed by atoms with Crippen molar-refractivity contribution in [2.45, 2.75) is 89.5 Å². The van der Waals surface area contributed by atoms with Crippen LogP contribution < -0.4 is 5.32 Å².